The summed E-state index contributed by atoms with van der Waals surface area (Å²) in [5.41, 5.74) is 2.49. The molecule has 0 bridgehead atoms. The Bertz CT molecular complexity index is 844. The van der Waals surface area contributed by atoms with E-state index in [4.69, 9.17) is 0 Å². The highest BCUT2D eigenvalue weighted by Gasteiger charge is 2.36. The van der Waals surface area contributed by atoms with Crippen molar-refractivity contribution in [1.29, 1.82) is 0 Å². The quantitative estimate of drug-likeness (QED) is 0.725. The molecule has 0 spiro atoms. The number of hydrogen-bond acceptors (Lipinski definition) is 3. The first-order chi connectivity index (χ1) is 12.5. The summed E-state index contributed by atoms with van der Waals surface area (Å²) in [6, 6.07) is 12.4. The highest BCUT2D eigenvalue weighted by Crippen LogP contribution is 2.25. The van der Waals surface area contributed by atoms with Crippen LogP contribution in [0.2, 0.25) is 0 Å². The summed E-state index contributed by atoms with van der Waals surface area (Å²) in [7, 11) is 0. The number of hydrogen-bond donors (Lipinski definition) is 1. The molecular weight excluding hydrogens is 396 g/mol. The molecule has 1 N–H and O–H groups in total. The summed E-state index contributed by atoms with van der Waals surface area (Å²) in [6.07, 6.45) is 3.21. The molecule has 3 rings (SSSR count). The summed E-state index contributed by atoms with van der Waals surface area (Å²) >= 11 is 3.47. The van der Waals surface area contributed by atoms with Crippen LogP contribution in [-0.2, 0) is 11.2 Å². The smallest absolute Gasteiger partial charge is 0.262 e. The molecule has 1 aliphatic rings. The number of aryl methyl sites for hydroxylation is 1. The van der Waals surface area contributed by atoms with Crippen LogP contribution in [0, 0.1) is 0 Å². The largest absolute Gasteiger partial charge is 0.324 e. The molecular formula is C20H19BrN2O3. The Morgan fingerprint density at radius 1 is 1.08 bits per heavy atom. The third-order valence-corrected chi connectivity index (χ3v) is 4.96. The van der Waals surface area contributed by atoms with Crippen LogP contribution < -0.4 is 5.32 Å². The zero-order valence-electron chi connectivity index (χ0n) is 14.4. The first-order valence-corrected chi connectivity index (χ1v) is 9.34. The second kappa shape index (κ2) is 7.83. The van der Waals surface area contributed by atoms with E-state index in [1.165, 1.54) is 5.56 Å². The Hall–Kier alpha value is -2.47. The Morgan fingerprint density at radius 2 is 1.73 bits per heavy atom. The molecule has 5 nitrogen and oxygen atoms in total. The number of carbonyl (C=O) groups is 3. The van der Waals surface area contributed by atoms with Gasteiger partial charge in [-0.25, -0.2) is 0 Å². The van der Waals surface area contributed by atoms with E-state index in [0.717, 1.165) is 28.6 Å². The van der Waals surface area contributed by atoms with Gasteiger partial charge in [-0.1, -0.05) is 31.5 Å². The van der Waals surface area contributed by atoms with Crippen molar-refractivity contribution in [3.05, 3.63) is 63.6 Å². The molecule has 2 aromatic carbocycles. The fourth-order valence-corrected chi connectivity index (χ4v) is 3.44. The van der Waals surface area contributed by atoms with Crippen molar-refractivity contribution in [1.82, 2.24) is 4.90 Å². The molecule has 0 fully saturated rings. The lowest BCUT2D eigenvalue weighted by Gasteiger charge is -2.14. The summed E-state index contributed by atoms with van der Waals surface area (Å²) in [5, 5.41) is 2.76. The van der Waals surface area contributed by atoms with Gasteiger partial charge < -0.3 is 5.32 Å². The zero-order valence-corrected chi connectivity index (χ0v) is 16.0. The molecule has 1 aliphatic heterocycles. The average molecular weight is 415 g/mol. The third kappa shape index (κ3) is 3.70. The fourth-order valence-electron chi connectivity index (χ4n) is 2.91. The van der Waals surface area contributed by atoms with Crippen molar-refractivity contribution in [3.8, 4) is 0 Å². The summed E-state index contributed by atoms with van der Waals surface area (Å²) < 4.78 is 0.779. The Balaban J connectivity index is 1.67. The molecule has 26 heavy (non-hydrogen) atoms. The predicted octanol–water partition coefficient (Wildman–Crippen LogP) is 4.03. The van der Waals surface area contributed by atoms with E-state index < -0.39 is 17.7 Å². The van der Waals surface area contributed by atoms with E-state index in [2.05, 4.69) is 28.2 Å². The lowest BCUT2D eigenvalue weighted by atomic mass is 10.1. The van der Waals surface area contributed by atoms with Crippen LogP contribution in [0.15, 0.2) is 46.9 Å². The molecule has 1 heterocycles. The number of unbranched alkanes of at least 4 members (excludes halogenated alkanes) is 1. The molecule has 0 radical (unpaired) electrons. The molecule has 0 saturated heterocycles. The molecule has 3 amide bonds. The number of nitrogens with zero attached hydrogens (tertiary/aromatic N) is 1. The summed E-state index contributed by atoms with van der Waals surface area (Å²) in [6.45, 7) is 1.83. The topological polar surface area (TPSA) is 66.5 Å². The van der Waals surface area contributed by atoms with E-state index in [1.54, 1.807) is 24.3 Å². The normalized spacial score (nSPS) is 13.1. The van der Waals surface area contributed by atoms with E-state index >= 15 is 0 Å². The molecule has 0 unspecified atom stereocenters. The van der Waals surface area contributed by atoms with Gasteiger partial charge in [0.05, 0.1) is 16.8 Å². The number of halogens is 1. The van der Waals surface area contributed by atoms with Crippen LogP contribution in [0.5, 0.6) is 0 Å². The number of nitrogens with one attached hydrogen (secondary N) is 1. The van der Waals surface area contributed by atoms with E-state index in [-0.39, 0.29) is 6.54 Å². The Morgan fingerprint density at radius 3 is 2.31 bits per heavy atom. The van der Waals surface area contributed by atoms with Crippen LogP contribution >= 0.6 is 15.9 Å². The van der Waals surface area contributed by atoms with Crippen molar-refractivity contribution >= 4 is 39.3 Å². The van der Waals surface area contributed by atoms with Gasteiger partial charge >= 0.3 is 0 Å². The second-order valence-electron chi connectivity index (χ2n) is 6.21. The first-order valence-electron chi connectivity index (χ1n) is 8.54. The van der Waals surface area contributed by atoms with Gasteiger partial charge in [-0.2, -0.15) is 0 Å². The monoisotopic (exact) mass is 414 g/mol. The number of rotatable bonds is 6. The van der Waals surface area contributed by atoms with Gasteiger partial charge in [-0.05, 0) is 58.6 Å². The van der Waals surface area contributed by atoms with Crippen molar-refractivity contribution in [2.45, 2.75) is 26.2 Å². The number of imide groups is 1. The van der Waals surface area contributed by atoms with Crippen LogP contribution in [-0.4, -0.2) is 29.2 Å². The van der Waals surface area contributed by atoms with Crippen molar-refractivity contribution in [2.75, 3.05) is 11.9 Å². The third-order valence-electron chi connectivity index (χ3n) is 4.31. The lowest BCUT2D eigenvalue weighted by molar-refractivity contribution is -0.116. The van der Waals surface area contributed by atoms with Crippen molar-refractivity contribution < 1.29 is 14.4 Å². The molecule has 2 aromatic rings. The summed E-state index contributed by atoms with van der Waals surface area (Å²) in [5.74, 6) is -1.29. The molecule has 0 aromatic heterocycles. The van der Waals surface area contributed by atoms with Gasteiger partial charge in [0.15, 0.2) is 0 Å². The summed E-state index contributed by atoms with van der Waals surface area (Å²) in [4.78, 5) is 38.0. The van der Waals surface area contributed by atoms with Crippen molar-refractivity contribution in [3.63, 3.8) is 0 Å². The maximum Gasteiger partial charge on any atom is 0.262 e. The number of fused-ring (bicyclic) bond motifs is 1. The molecule has 0 saturated carbocycles. The fraction of sp³-hybridized carbons (Fsp3) is 0.250. The van der Waals surface area contributed by atoms with Gasteiger partial charge in [-0.3, -0.25) is 19.3 Å². The van der Waals surface area contributed by atoms with Crippen LogP contribution in [0.4, 0.5) is 5.69 Å². The number of anilines is 1. The van der Waals surface area contributed by atoms with Crippen molar-refractivity contribution in [2.24, 2.45) is 0 Å². The van der Waals surface area contributed by atoms with E-state index in [9.17, 15) is 14.4 Å². The van der Waals surface area contributed by atoms with Crippen LogP contribution in [0.25, 0.3) is 0 Å². The number of carbonyl (C=O) groups excluding carboxylic acids is 3. The van der Waals surface area contributed by atoms with Gasteiger partial charge in [0.25, 0.3) is 11.8 Å². The minimum atomic E-state index is -0.435. The SMILES string of the molecule is CCCCc1ccc(NC(=O)CN2C(=O)c3ccccc3C2=O)c(Br)c1. The predicted molar refractivity (Wildman–Crippen MR) is 103 cm³/mol. The van der Waals surface area contributed by atoms with Gasteiger partial charge in [0.1, 0.15) is 6.54 Å². The van der Waals surface area contributed by atoms with Crippen LogP contribution in [0.3, 0.4) is 0 Å². The maximum absolute atomic E-state index is 12.3. The molecule has 6 heteroatoms. The standard InChI is InChI=1S/C20H19BrN2O3/c1-2-3-6-13-9-10-17(16(21)11-13)22-18(24)12-23-19(25)14-7-4-5-8-15(14)20(23)26/h4-5,7-11H,2-3,6,12H2,1H3,(H,22,24). The number of benzene rings is 2. The first kappa shape index (κ1) is 18.3. The minimum Gasteiger partial charge on any atom is -0.324 e. The molecule has 134 valence electrons. The zero-order chi connectivity index (χ0) is 18.7. The van der Waals surface area contributed by atoms with Crippen LogP contribution in [0.1, 0.15) is 46.0 Å². The van der Waals surface area contributed by atoms with E-state index in [0.29, 0.717) is 16.8 Å². The Kier molecular flexibility index (Phi) is 5.52. The molecule has 0 atom stereocenters. The van der Waals surface area contributed by atoms with Gasteiger partial charge in [-0.15, -0.1) is 0 Å². The number of amides is 3. The highest BCUT2D eigenvalue weighted by molar-refractivity contribution is 9.10. The van der Waals surface area contributed by atoms with Gasteiger partial charge in [0.2, 0.25) is 5.91 Å². The Labute approximate surface area is 160 Å². The van der Waals surface area contributed by atoms with E-state index in [1.807, 2.05) is 18.2 Å². The highest BCUT2D eigenvalue weighted by atomic mass is 79.9. The maximum atomic E-state index is 12.3. The lowest BCUT2D eigenvalue weighted by Crippen LogP contribution is -2.37. The second-order valence-corrected chi connectivity index (χ2v) is 7.06. The average Bonchev–Trinajstić information content (AvgIpc) is 2.87. The molecule has 0 aliphatic carbocycles. The van der Waals surface area contributed by atoms with Gasteiger partial charge in [0, 0.05) is 4.47 Å². The minimum absolute atomic E-state index is 0.309.